The Balaban J connectivity index is 1.42. The number of nitrogens with one attached hydrogen (secondary N) is 1. The molecule has 1 saturated heterocycles. The van der Waals surface area contributed by atoms with Crippen LogP contribution in [0.4, 0.5) is 10.5 Å². The lowest BCUT2D eigenvalue weighted by Gasteiger charge is -2.28. The number of hydrogen-bond donors (Lipinski definition) is 2. The second kappa shape index (κ2) is 6.71. The fourth-order valence-electron chi connectivity index (χ4n) is 4.70. The molecule has 2 unspecified atom stereocenters. The van der Waals surface area contributed by atoms with E-state index < -0.39 is 5.60 Å². The van der Waals surface area contributed by atoms with Crippen molar-refractivity contribution in [1.82, 2.24) is 4.90 Å². The van der Waals surface area contributed by atoms with E-state index in [1.54, 1.807) is 24.3 Å². The van der Waals surface area contributed by atoms with Gasteiger partial charge in [-0.25, -0.2) is 4.79 Å². The molecule has 2 aromatic rings. The van der Waals surface area contributed by atoms with Crippen molar-refractivity contribution in [3.63, 3.8) is 0 Å². The molecule has 138 valence electrons. The summed E-state index contributed by atoms with van der Waals surface area (Å²) in [6, 6.07) is 16.9. The molecule has 27 heavy (non-hydrogen) atoms. The molecule has 1 heterocycles. The molecular weight excluding hydrogens is 338 g/mol. The van der Waals surface area contributed by atoms with Gasteiger partial charge in [-0.15, -0.1) is 0 Å². The van der Waals surface area contributed by atoms with Crippen LogP contribution in [0.5, 0.6) is 0 Å². The standard InChI is InChI=1S/C22H23N3O2/c1-15-5-2-3-8-20(15)22(27)10-17-13-25(14-18(17)11-22)21(26)24-19-7-4-6-16(9-19)12-23/h2-9,17-18,27H,10-11,13-14H2,1H3,(H,24,26). The number of aryl methyl sites for hydroxylation is 1. The van der Waals surface area contributed by atoms with Crippen molar-refractivity contribution in [1.29, 1.82) is 5.26 Å². The van der Waals surface area contributed by atoms with E-state index in [1.807, 2.05) is 36.1 Å². The molecule has 1 aliphatic heterocycles. The van der Waals surface area contributed by atoms with Gasteiger partial charge in [-0.05, 0) is 60.9 Å². The van der Waals surface area contributed by atoms with Gasteiger partial charge in [-0.1, -0.05) is 30.3 Å². The summed E-state index contributed by atoms with van der Waals surface area (Å²) >= 11 is 0. The fraction of sp³-hybridized carbons (Fsp3) is 0.364. The molecule has 2 aromatic carbocycles. The highest BCUT2D eigenvalue weighted by Crippen LogP contribution is 2.49. The molecule has 0 radical (unpaired) electrons. The largest absolute Gasteiger partial charge is 0.385 e. The van der Waals surface area contributed by atoms with Crippen LogP contribution < -0.4 is 5.32 Å². The zero-order chi connectivity index (χ0) is 19.0. The lowest BCUT2D eigenvalue weighted by molar-refractivity contribution is 0.0322. The number of nitrogens with zero attached hydrogens (tertiary/aromatic N) is 2. The van der Waals surface area contributed by atoms with E-state index in [-0.39, 0.29) is 6.03 Å². The van der Waals surface area contributed by atoms with Crippen LogP contribution in [0.3, 0.4) is 0 Å². The molecule has 0 bridgehead atoms. The Bertz CT molecular complexity index is 904. The Morgan fingerprint density at radius 2 is 1.89 bits per heavy atom. The van der Waals surface area contributed by atoms with Crippen molar-refractivity contribution in [3.05, 3.63) is 65.2 Å². The Hall–Kier alpha value is -2.84. The molecular formula is C22H23N3O2. The smallest absolute Gasteiger partial charge is 0.321 e. The Morgan fingerprint density at radius 3 is 2.56 bits per heavy atom. The molecule has 2 N–H and O–H groups in total. The van der Waals surface area contributed by atoms with Gasteiger partial charge in [0.25, 0.3) is 0 Å². The average molecular weight is 361 g/mol. The first-order chi connectivity index (χ1) is 13.0. The van der Waals surface area contributed by atoms with E-state index in [0.717, 1.165) is 11.1 Å². The molecule has 4 rings (SSSR count). The first kappa shape index (κ1) is 17.6. The Kier molecular flexibility index (Phi) is 4.37. The lowest BCUT2D eigenvalue weighted by Crippen LogP contribution is -2.35. The van der Waals surface area contributed by atoms with Crippen LogP contribution in [0, 0.1) is 30.1 Å². The van der Waals surface area contributed by atoms with Crippen LogP contribution in [0.2, 0.25) is 0 Å². The number of carbonyl (C=O) groups excluding carboxylic acids is 1. The number of aliphatic hydroxyl groups is 1. The Morgan fingerprint density at radius 1 is 1.19 bits per heavy atom. The van der Waals surface area contributed by atoms with E-state index in [2.05, 4.69) is 11.4 Å². The van der Waals surface area contributed by atoms with Crippen molar-refractivity contribution in [2.45, 2.75) is 25.4 Å². The highest BCUT2D eigenvalue weighted by atomic mass is 16.3. The van der Waals surface area contributed by atoms with Crippen LogP contribution in [-0.2, 0) is 5.60 Å². The number of amides is 2. The molecule has 2 aliphatic rings. The first-order valence-corrected chi connectivity index (χ1v) is 9.33. The number of anilines is 1. The second-order valence-electron chi connectivity index (χ2n) is 7.80. The number of benzene rings is 2. The number of fused-ring (bicyclic) bond motifs is 1. The molecule has 5 heteroatoms. The maximum absolute atomic E-state index is 12.6. The van der Waals surface area contributed by atoms with Crippen molar-refractivity contribution >= 4 is 11.7 Å². The Labute approximate surface area is 159 Å². The summed E-state index contributed by atoms with van der Waals surface area (Å²) in [6.45, 7) is 3.35. The summed E-state index contributed by atoms with van der Waals surface area (Å²) in [7, 11) is 0. The SMILES string of the molecule is Cc1ccccc1C1(O)CC2CN(C(=O)Nc3cccc(C#N)c3)CC2C1. The number of likely N-dealkylation sites (tertiary alicyclic amines) is 1. The summed E-state index contributed by atoms with van der Waals surface area (Å²) in [5.74, 6) is 0.622. The molecule has 2 amide bonds. The van der Waals surface area contributed by atoms with Gasteiger partial charge in [-0.3, -0.25) is 0 Å². The van der Waals surface area contributed by atoms with Gasteiger partial charge in [0.2, 0.25) is 0 Å². The number of nitriles is 1. The minimum Gasteiger partial charge on any atom is -0.385 e. The molecule has 1 saturated carbocycles. The second-order valence-corrected chi connectivity index (χ2v) is 7.80. The van der Waals surface area contributed by atoms with Gasteiger partial charge in [0.15, 0.2) is 0 Å². The normalized spacial score (nSPS) is 26.5. The fourth-order valence-corrected chi connectivity index (χ4v) is 4.70. The molecule has 2 atom stereocenters. The molecule has 0 spiro atoms. The minimum atomic E-state index is -0.787. The number of rotatable bonds is 2. The van der Waals surface area contributed by atoms with E-state index in [4.69, 9.17) is 5.26 Å². The summed E-state index contributed by atoms with van der Waals surface area (Å²) in [5.41, 5.74) is 2.50. The molecule has 2 fully saturated rings. The van der Waals surface area contributed by atoms with Crippen molar-refractivity contribution in [2.75, 3.05) is 18.4 Å². The monoisotopic (exact) mass is 361 g/mol. The topological polar surface area (TPSA) is 76.4 Å². The van der Waals surface area contributed by atoms with Crippen molar-refractivity contribution in [3.8, 4) is 6.07 Å². The average Bonchev–Trinajstić information content (AvgIpc) is 3.18. The van der Waals surface area contributed by atoms with Crippen LogP contribution in [0.25, 0.3) is 0 Å². The van der Waals surface area contributed by atoms with Crippen LogP contribution in [0.1, 0.15) is 29.5 Å². The maximum Gasteiger partial charge on any atom is 0.321 e. The predicted octanol–water partition coefficient (Wildman–Crippen LogP) is 3.63. The lowest BCUT2D eigenvalue weighted by atomic mass is 9.87. The third-order valence-electron chi connectivity index (χ3n) is 5.95. The molecule has 0 aromatic heterocycles. The summed E-state index contributed by atoms with van der Waals surface area (Å²) in [6.07, 6.45) is 1.38. The zero-order valence-corrected chi connectivity index (χ0v) is 15.4. The number of urea groups is 1. The van der Waals surface area contributed by atoms with Gasteiger partial charge in [-0.2, -0.15) is 5.26 Å². The zero-order valence-electron chi connectivity index (χ0n) is 15.4. The summed E-state index contributed by atoms with van der Waals surface area (Å²) < 4.78 is 0. The van der Waals surface area contributed by atoms with Gasteiger partial charge in [0.1, 0.15) is 0 Å². The first-order valence-electron chi connectivity index (χ1n) is 9.33. The number of carbonyl (C=O) groups is 1. The van der Waals surface area contributed by atoms with Crippen molar-refractivity contribution in [2.24, 2.45) is 11.8 Å². The van der Waals surface area contributed by atoms with Gasteiger partial charge < -0.3 is 15.3 Å². The van der Waals surface area contributed by atoms with Gasteiger partial charge in [0, 0.05) is 18.8 Å². The highest BCUT2D eigenvalue weighted by molar-refractivity contribution is 5.89. The predicted molar refractivity (Wildman–Crippen MR) is 103 cm³/mol. The van der Waals surface area contributed by atoms with E-state index in [1.165, 1.54) is 0 Å². The molecule has 5 nitrogen and oxygen atoms in total. The minimum absolute atomic E-state index is 0.140. The van der Waals surface area contributed by atoms with Gasteiger partial charge in [0.05, 0.1) is 17.2 Å². The van der Waals surface area contributed by atoms with Crippen LogP contribution >= 0.6 is 0 Å². The summed E-state index contributed by atoms with van der Waals surface area (Å²) in [5, 5.41) is 23.1. The third kappa shape index (κ3) is 3.29. The van der Waals surface area contributed by atoms with Crippen LogP contribution in [0.15, 0.2) is 48.5 Å². The van der Waals surface area contributed by atoms with Crippen molar-refractivity contribution < 1.29 is 9.90 Å². The third-order valence-corrected chi connectivity index (χ3v) is 5.95. The van der Waals surface area contributed by atoms with Crippen LogP contribution in [-0.4, -0.2) is 29.1 Å². The summed E-state index contributed by atoms with van der Waals surface area (Å²) in [4.78, 5) is 14.4. The number of hydrogen-bond acceptors (Lipinski definition) is 3. The van der Waals surface area contributed by atoms with E-state index in [0.29, 0.717) is 49.0 Å². The molecule has 1 aliphatic carbocycles. The quantitative estimate of drug-likeness (QED) is 0.857. The van der Waals surface area contributed by atoms with Gasteiger partial charge >= 0.3 is 6.03 Å². The maximum atomic E-state index is 12.6. The van der Waals surface area contributed by atoms with E-state index >= 15 is 0 Å². The van der Waals surface area contributed by atoms with E-state index in [9.17, 15) is 9.90 Å². The highest BCUT2D eigenvalue weighted by Gasteiger charge is 2.50.